The van der Waals surface area contributed by atoms with Gasteiger partial charge in [0.05, 0.1) is 17.4 Å². The van der Waals surface area contributed by atoms with Crippen molar-refractivity contribution in [2.75, 3.05) is 5.32 Å². The van der Waals surface area contributed by atoms with E-state index in [4.69, 9.17) is 4.42 Å². The Morgan fingerprint density at radius 3 is 2.80 bits per heavy atom. The van der Waals surface area contributed by atoms with Crippen molar-refractivity contribution in [3.05, 3.63) is 73.1 Å². The van der Waals surface area contributed by atoms with Crippen molar-refractivity contribution >= 4 is 33.4 Å². The van der Waals surface area contributed by atoms with E-state index in [1.165, 1.54) is 0 Å². The van der Waals surface area contributed by atoms with Crippen molar-refractivity contribution < 1.29 is 4.42 Å². The number of pyridine rings is 1. The number of nitrogens with one attached hydrogen (secondary N) is 2. The van der Waals surface area contributed by atoms with Crippen molar-refractivity contribution in [2.45, 2.75) is 0 Å². The molecule has 25 heavy (non-hydrogen) atoms. The van der Waals surface area contributed by atoms with E-state index in [0.29, 0.717) is 0 Å². The molecule has 0 aliphatic heterocycles. The predicted octanol–water partition coefficient (Wildman–Crippen LogP) is 5.11. The van der Waals surface area contributed by atoms with Gasteiger partial charge in [0.15, 0.2) is 5.58 Å². The fraction of sp³-hybridized carbons (Fsp3) is 0. The number of hydrogen-bond donors (Lipinski definition) is 2. The Bertz CT molecular complexity index is 1170. The zero-order valence-electron chi connectivity index (χ0n) is 13.2. The summed E-state index contributed by atoms with van der Waals surface area (Å²) in [6, 6.07) is 20.0. The molecule has 0 amide bonds. The molecule has 0 saturated heterocycles. The number of aromatic nitrogens is 3. The molecule has 0 atom stereocenters. The van der Waals surface area contributed by atoms with Crippen LogP contribution in [-0.4, -0.2) is 15.2 Å². The fourth-order valence-electron chi connectivity index (χ4n) is 2.95. The van der Waals surface area contributed by atoms with Gasteiger partial charge in [-0.2, -0.15) is 5.10 Å². The molecule has 0 unspecified atom stereocenters. The first-order valence-corrected chi connectivity index (χ1v) is 8.01. The second-order valence-electron chi connectivity index (χ2n) is 5.85. The molecule has 3 aromatic heterocycles. The van der Waals surface area contributed by atoms with Crippen LogP contribution in [0.15, 0.2) is 77.5 Å². The summed E-state index contributed by atoms with van der Waals surface area (Å²) < 4.78 is 6.08. The summed E-state index contributed by atoms with van der Waals surface area (Å²) in [5.74, 6) is 0.807. The molecular weight excluding hydrogens is 312 g/mol. The van der Waals surface area contributed by atoms with Crippen molar-refractivity contribution in [3.63, 3.8) is 0 Å². The number of H-pyrrole nitrogens is 1. The second-order valence-corrected chi connectivity index (χ2v) is 5.85. The molecule has 0 bridgehead atoms. The summed E-state index contributed by atoms with van der Waals surface area (Å²) in [6.45, 7) is 0. The average Bonchev–Trinajstić information content (AvgIpc) is 3.29. The van der Waals surface area contributed by atoms with E-state index < -0.39 is 0 Å². The summed E-state index contributed by atoms with van der Waals surface area (Å²) in [4.78, 5) is 4.42. The number of rotatable bonds is 3. The summed E-state index contributed by atoms with van der Waals surface area (Å²) >= 11 is 0. The van der Waals surface area contributed by atoms with E-state index in [2.05, 4.69) is 20.5 Å². The zero-order valence-corrected chi connectivity index (χ0v) is 13.2. The van der Waals surface area contributed by atoms with E-state index >= 15 is 0 Å². The van der Waals surface area contributed by atoms with Crippen LogP contribution in [0.5, 0.6) is 0 Å². The van der Waals surface area contributed by atoms with Gasteiger partial charge in [0.1, 0.15) is 11.3 Å². The molecule has 0 radical (unpaired) electrons. The maximum Gasteiger partial charge on any atom is 0.176 e. The van der Waals surface area contributed by atoms with Gasteiger partial charge < -0.3 is 9.73 Å². The van der Waals surface area contributed by atoms with Crippen molar-refractivity contribution in [3.8, 4) is 11.3 Å². The quantitative estimate of drug-likeness (QED) is 0.483. The molecule has 0 aliphatic rings. The van der Waals surface area contributed by atoms with Gasteiger partial charge in [-0.1, -0.05) is 30.3 Å². The number of furan rings is 1. The topological polar surface area (TPSA) is 66.7 Å². The van der Waals surface area contributed by atoms with Gasteiger partial charge in [-0.05, 0) is 24.3 Å². The number of fused-ring (bicyclic) bond motifs is 2. The van der Waals surface area contributed by atoms with Gasteiger partial charge in [0.25, 0.3) is 0 Å². The second kappa shape index (κ2) is 5.49. The minimum Gasteiger partial charge on any atom is -0.452 e. The molecule has 5 aromatic rings. The van der Waals surface area contributed by atoms with Crippen LogP contribution in [0.25, 0.3) is 33.3 Å². The Kier molecular flexibility index (Phi) is 3.03. The Morgan fingerprint density at radius 2 is 1.88 bits per heavy atom. The third kappa shape index (κ3) is 2.42. The van der Waals surface area contributed by atoms with Crippen LogP contribution in [0, 0.1) is 0 Å². The molecule has 3 heterocycles. The van der Waals surface area contributed by atoms with Crippen LogP contribution >= 0.6 is 0 Å². The Hall–Kier alpha value is -3.60. The first-order valence-electron chi connectivity index (χ1n) is 8.01. The molecule has 2 aromatic carbocycles. The minimum atomic E-state index is 0.742. The number of anilines is 2. The first-order chi connectivity index (χ1) is 12.4. The van der Waals surface area contributed by atoms with Gasteiger partial charge in [-0.25, -0.2) is 0 Å². The monoisotopic (exact) mass is 326 g/mol. The highest BCUT2D eigenvalue weighted by atomic mass is 16.3. The molecule has 2 N–H and O–H groups in total. The smallest absolute Gasteiger partial charge is 0.176 e. The van der Waals surface area contributed by atoms with Crippen LogP contribution < -0.4 is 5.32 Å². The van der Waals surface area contributed by atoms with Crippen LogP contribution in [-0.2, 0) is 0 Å². The average molecular weight is 326 g/mol. The van der Waals surface area contributed by atoms with Crippen molar-refractivity contribution in [1.29, 1.82) is 0 Å². The molecule has 0 aliphatic carbocycles. The Balaban J connectivity index is 1.57. The third-order valence-electron chi connectivity index (χ3n) is 4.19. The van der Waals surface area contributed by atoms with Crippen LogP contribution in [0.2, 0.25) is 0 Å². The molecule has 5 heteroatoms. The van der Waals surface area contributed by atoms with E-state index in [1.54, 1.807) is 6.20 Å². The largest absolute Gasteiger partial charge is 0.452 e. The van der Waals surface area contributed by atoms with Crippen molar-refractivity contribution in [2.24, 2.45) is 0 Å². The van der Waals surface area contributed by atoms with Crippen LogP contribution in [0.1, 0.15) is 0 Å². The fourth-order valence-corrected chi connectivity index (χ4v) is 2.95. The minimum absolute atomic E-state index is 0.742. The van der Waals surface area contributed by atoms with E-state index in [9.17, 15) is 0 Å². The Morgan fingerprint density at radius 1 is 0.960 bits per heavy atom. The van der Waals surface area contributed by atoms with E-state index in [1.807, 2.05) is 66.9 Å². The third-order valence-corrected chi connectivity index (χ3v) is 4.19. The molecule has 5 nitrogen and oxygen atoms in total. The van der Waals surface area contributed by atoms with Crippen molar-refractivity contribution in [1.82, 2.24) is 15.2 Å². The standard InChI is InChI=1S/C20H14N4O/c1-2-4-13(5-3-1)19-11-18-20(25-19)16(8-9-21-18)23-15-7-6-14-12-22-24-17(14)10-15/h1-12H,(H,21,23)(H,22,24). The summed E-state index contributed by atoms with van der Waals surface area (Å²) in [6.07, 6.45) is 3.59. The molecular formula is C20H14N4O. The highest BCUT2D eigenvalue weighted by Gasteiger charge is 2.11. The summed E-state index contributed by atoms with van der Waals surface area (Å²) in [5, 5.41) is 11.5. The highest BCUT2D eigenvalue weighted by Crippen LogP contribution is 2.32. The molecule has 0 spiro atoms. The van der Waals surface area contributed by atoms with E-state index in [-0.39, 0.29) is 0 Å². The van der Waals surface area contributed by atoms with Crippen LogP contribution in [0.4, 0.5) is 11.4 Å². The maximum absolute atomic E-state index is 6.08. The normalized spacial score (nSPS) is 11.2. The predicted molar refractivity (Wildman–Crippen MR) is 98.8 cm³/mol. The lowest BCUT2D eigenvalue weighted by atomic mass is 10.2. The summed E-state index contributed by atoms with van der Waals surface area (Å²) in [7, 11) is 0. The lowest BCUT2D eigenvalue weighted by Crippen LogP contribution is -1.91. The van der Waals surface area contributed by atoms with Gasteiger partial charge in [0.2, 0.25) is 0 Å². The lowest BCUT2D eigenvalue weighted by molar-refractivity contribution is 0.632. The maximum atomic E-state index is 6.08. The zero-order chi connectivity index (χ0) is 16.6. The lowest BCUT2D eigenvalue weighted by Gasteiger charge is -2.06. The van der Waals surface area contributed by atoms with Gasteiger partial charge >= 0.3 is 0 Å². The number of benzene rings is 2. The van der Waals surface area contributed by atoms with E-state index in [0.717, 1.165) is 44.7 Å². The molecule has 5 rings (SSSR count). The molecule has 0 saturated carbocycles. The number of aromatic amines is 1. The number of nitrogens with zero attached hydrogens (tertiary/aromatic N) is 2. The van der Waals surface area contributed by atoms with Gasteiger partial charge in [-0.3, -0.25) is 10.1 Å². The van der Waals surface area contributed by atoms with Gasteiger partial charge in [-0.15, -0.1) is 0 Å². The summed E-state index contributed by atoms with van der Waals surface area (Å²) in [5.41, 5.74) is 5.43. The Labute approximate surface area is 143 Å². The van der Waals surface area contributed by atoms with Gasteiger partial charge in [0, 0.05) is 28.9 Å². The highest BCUT2D eigenvalue weighted by molar-refractivity contribution is 5.92. The SMILES string of the molecule is c1ccc(-c2cc3nccc(Nc4ccc5cn[nH]c5c4)c3o2)cc1. The van der Waals surface area contributed by atoms with Crippen LogP contribution in [0.3, 0.4) is 0 Å². The first kappa shape index (κ1) is 13.8. The molecule has 0 fully saturated rings. The molecule has 120 valence electrons. The number of hydrogen-bond acceptors (Lipinski definition) is 4.